The Labute approximate surface area is 118 Å². The van der Waals surface area contributed by atoms with Crippen LogP contribution in [0.2, 0.25) is 0 Å². The molecule has 7 heteroatoms. The third-order valence-corrected chi connectivity index (χ3v) is 3.93. The lowest BCUT2D eigenvalue weighted by molar-refractivity contribution is -0.141. The molecule has 106 valence electrons. The number of ether oxygens (including phenoxy) is 1. The zero-order valence-corrected chi connectivity index (χ0v) is 12.1. The van der Waals surface area contributed by atoms with Crippen molar-refractivity contribution in [3.8, 4) is 0 Å². The minimum absolute atomic E-state index is 0.107. The molecule has 5 nitrogen and oxygen atoms in total. The Hall–Kier alpha value is -1.11. The first-order valence-electron chi connectivity index (χ1n) is 5.79. The summed E-state index contributed by atoms with van der Waals surface area (Å²) < 4.78 is 30.6. The Balaban J connectivity index is 2.69. The first-order valence-corrected chi connectivity index (χ1v) is 7.81. The Morgan fingerprint density at radius 1 is 1.32 bits per heavy atom. The molecule has 0 saturated heterocycles. The van der Waals surface area contributed by atoms with E-state index in [4.69, 9.17) is 11.6 Å². The van der Waals surface area contributed by atoms with Gasteiger partial charge in [0.15, 0.2) is 0 Å². The molecule has 0 bridgehead atoms. The summed E-state index contributed by atoms with van der Waals surface area (Å²) in [4.78, 5) is 11.2. The standard InChI is InChI=1S/C12H16ClNO4S/c1-2-18-12(15)9-14-19(16,17)11-5-3-10(4-6-11)7-8-13/h3-6,14H,2,7-9H2,1H3. The number of carbonyl (C=O) groups is 1. The molecule has 0 atom stereocenters. The molecule has 0 aliphatic heterocycles. The maximum absolute atomic E-state index is 11.9. The summed E-state index contributed by atoms with van der Waals surface area (Å²) in [5.74, 6) is -0.127. The van der Waals surface area contributed by atoms with Crippen LogP contribution in [0, 0.1) is 0 Å². The molecule has 0 unspecified atom stereocenters. The highest BCUT2D eigenvalue weighted by atomic mass is 35.5. The highest BCUT2D eigenvalue weighted by molar-refractivity contribution is 7.89. The van der Waals surface area contributed by atoms with Gasteiger partial charge in [-0.3, -0.25) is 4.79 Å². The van der Waals surface area contributed by atoms with Gasteiger partial charge < -0.3 is 4.74 Å². The second-order valence-corrected chi connectivity index (χ2v) is 5.86. The van der Waals surface area contributed by atoms with Crippen LogP contribution in [0.3, 0.4) is 0 Å². The summed E-state index contributed by atoms with van der Waals surface area (Å²) in [5, 5.41) is 0. The van der Waals surface area contributed by atoms with E-state index in [1.165, 1.54) is 12.1 Å². The molecule has 1 N–H and O–H groups in total. The van der Waals surface area contributed by atoms with E-state index in [0.29, 0.717) is 12.3 Å². The Morgan fingerprint density at radius 2 is 1.95 bits per heavy atom. The van der Waals surface area contributed by atoms with E-state index < -0.39 is 16.0 Å². The van der Waals surface area contributed by atoms with Crippen LogP contribution in [0.15, 0.2) is 29.2 Å². The smallest absolute Gasteiger partial charge is 0.321 e. The maximum Gasteiger partial charge on any atom is 0.321 e. The van der Waals surface area contributed by atoms with Gasteiger partial charge in [-0.25, -0.2) is 8.42 Å². The molecule has 1 rings (SSSR count). The van der Waals surface area contributed by atoms with Gasteiger partial charge in [0, 0.05) is 5.88 Å². The van der Waals surface area contributed by atoms with Crippen LogP contribution in [-0.4, -0.2) is 33.4 Å². The fourth-order valence-corrected chi connectivity index (χ4v) is 2.58. The predicted octanol–water partition coefficient (Wildman–Crippen LogP) is 1.31. The molecule has 0 fully saturated rings. The highest BCUT2D eigenvalue weighted by Crippen LogP contribution is 2.11. The number of rotatable bonds is 7. The molecule has 0 aliphatic rings. The fourth-order valence-electron chi connectivity index (χ4n) is 1.39. The quantitative estimate of drug-likeness (QED) is 0.609. The number of nitrogens with one attached hydrogen (secondary N) is 1. The number of halogens is 1. The second-order valence-electron chi connectivity index (χ2n) is 3.71. The molecule has 0 saturated carbocycles. The molecule has 0 spiro atoms. The highest BCUT2D eigenvalue weighted by Gasteiger charge is 2.15. The summed E-state index contributed by atoms with van der Waals surface area (Å²) in [5.41, 5.74) is 0.958. The van der Waals surface area contributed by atoms with E-state index in [2.05, 4.69) is 9.46 Å². The van der Waals surface area contributed by atoms with Gasteiger partial charge in [-0.2, -0.15) is 4.72 Å². The average molecular weight is 306 g/mol. The lowest BCUT2D eigenvalue weighted by Crippen LogP contribution is -2.30. The van der Waals surface area contributed by atoms with Crippen molar-refractivity contribution in [1.82, 2.24) is 4.72 Å². The number of carbonyl (C=O) groups excluding carboxylic acids is 1. The summed E-state index contributed by atoms with van der Waals surface area (Å²) in [6.45, 7) is 1.50. The van der Waals surface area contributed by atoms with Crippen molar-refractivity contribution < 1.29 is 17.9 Å². The average Bonchev–Trinajstić information content (AvgIpc) is 2.38. The number of benzene rings is 1. The van der Waals surface area contributed by atoms with Crippen molar-refractivity contribution in [2.45, 2.75) is 18.2 Å². The van der Waals surface area contributed by atoms with Gasteiger partial charge in [0.05, 0.1) is 11.5 Å². The number of alkyl halides is 1. The van der Waals surface area contributed by atoms with Crippen molar-refractivity contribution in [2.24, 2.45) is 0 Å². The lowest BCUT2D eigenvalue weighted by Gasteiger charge is -2.07. The van der Waals surface area contributed by atoms with E-state index in [1.807, 2.05) is 0 Å². The van der Waals surface area contributed by atoms with Crippen molar-refractivity contribution in [3.05, 3.63) is 29.8 Å². The minimum Gasteiger partial charge on any atom is -0.465 e. The van der Waals surface area contributed by atoms with Gasteiger partial charge in [0.25, 0.3) is 0 Å². The Morgan fingerprint density at radius 3 is 2.47 bits per heavy atom. The summed E-state index contributed by atoms with van der Waals surface area (Å²) in [7, 11) is -3.69. The van der Waals surface area contributed by atoms with Crippen molar-refractivity contribution in [3.63, 3.8) is 0 Å². The first-order chi connectivity index (χ1) is 8.99. The van der Waals surface area contributed by atoms with Gasteiger partial charge in [-0.1, -0.05) is 12.1 Å². The summed E-state index contributed by atoms with van der Waals surface area (Å²) in [6, 6.07) is 6.35. The third kappa shape index (κ3) is 5.18. The number of hydrogen-bond donors (Lipinski definition) is 1. The van der Waals surface area contributed by atoms with Crippen LogP contribution in [0.4, 0.5) is 0 Å². The molecular formula is C12H16ClNO4S. The van der Waals surface area contributed by atoms with Crippen LogP contribution in [-0.2, 0) is 26.0 Å². The minimum atomic E-state index is -3.69. The van der Waals surface area contributed by atoms with Crippen LogP contribution < -0.4 is 4.72 Å². The second kappa shape index (κ2) is 7.47. The number of esters is 1. The molecule has 0 aliphatic carbocycles. The summed E-state index contributed by atoms with van der Waals surface area (Å²) >= 11 is 5.60. The van der Waals surface area contributed by atoms with Gasteiger partial charge in [-0.05, 0) is 31.0 Å². The largest absolute Gasteiger partial charge is 0.465 e. The molecular weight excluding hydrogens is 290 g/mol. The van der Waals surface area contributed by atoms with Crippen molar-refractivity contribution >= 4 is 27.6 Å². The normalized spacial score (nSPS) is 11.3. The van der Waals surface area contributed by atoms with E-state index >= 15 is 0 Å². The molecule has 0 heterocycles. The Kier molecular flexibility index (Phi) is 6.27. The fraction of sp³-hybridized carbons (Fsp3) is 0.417. The molecule has 0 radical (unpaired) electrons. The van der Waals surface area contributed by atoms with E-state index in [1.54, 1.807) is 19.1 Å². The van der Waals surface area contributed by atoms with E-state index in [-0.39, 0.29) is 18.0 Å². The van der Waals surface area contributed by atoms with Crippen LogP contribution in [0.5, 0.6) is 0 Å². The number of hydrogen-bond acceptors (Lipinski definition) is 4. The zero-order chi connectivity index (χ0) is 14.3. The SMILES string of the molecule is CCOC(=O)CNS(=O)(=O)c1ccc(CCCl)cc1. The van der Waals surface area contributed by atoms with Gasteiger partial charge >= 0.3 is 5.97 Å². The van der Waals surface area contributed by atoms with Crippen molar-refractivity contribution in [1.29, 1.82) is 0 Å². The first kappa shape index (κ1) is 15.9. The van der Waals surface area contributed by atoms with Gasteiger partial charge in [0.2, 0.25) is 10.0 Å². The number of sulfonamides is 1. The van der Waals surface area contributed by atoms with Crippen LogP contribution in [0.1, 0.15) is 12.5 Å². The molecule has 1 aromatic rings. The van der Waals surface area contributed by atoms with E-state index in [0.717, 1.165) is 5.56 Å². The maximum atomic E-state index is 11.9. The summed E-state index contributed by atoms with van der Waals surface area (Å²) in [6.07, 6.45) is 0.679. The molecule has 0 aromatic heterocycles. The lowest BCUT2D eigenvalue weighted by atomic mass is 10.2. The third-order valence-electron chi connectivity index (χ3n) is 2.33. The van der Waals surface area contributed by atoms with Crippen molar-refractivity contribution in [2.75, 3.05) is 19.0 Å². The molecule has 19 heavy (non-hydrogen) atoms. The molecule has 1 aromatic carbocycles. The van der Waals surface area contributed by atoms with Crippen LogP contribution in [0.25, 0.3) is 0 Å². The topological polar surface area (TPSA) is 72.5 Å². The van der Waals surface area contributed by atoms with E-state index in [9.17, 15) is 13.2 Å². The Bertz CT molecular complexity index is 513. The number of aryl methyl sites for hydroxylation is 1. The van der Waals surface area contributed by atoms with Gasteiger partial charge in [0.1, 0.15) is 6.54 Å². The zero-order valence-electron chi connectivity index (χ0n) is 10.6. The van der Waals surface area contributed by atoms with Gasteiger partial charge in [-0.15, -0.1) is 11.6 Å². The van der Waals surface area contributed by atoms with Crippen LogP contribution >= 0.6 is 11.6 Å². The predicted molar refractivity (Wildman–Crippen MR) is 72.7 cm³/mol. The monoisotopic (exact) mass is 305 g/mol. The molecule has 0 amide bonds.